The fourth-order valence-corrected chi connectivity index (χ4v) is 3.73. The van der Waals surface area contributed by atoms with Crippen LogP contribution in [0.1, 0.15) is 25.7 Å². The van der Waals surface area contributed by atoms with Gasteiger partial charge in [-0.1, -0.05) is 0 Å². The van der Waals surface area contributed by atoms with E-state index in [9.17, 15) is 0 Å². The van der Waals surface area contributed by atoms with Crippen LogP contribution in [0.25, 0.3) is 0 Å². The second kappa shape index (κ2) is 4.64. The minimum atomic E-state index is 0.599. The van der Waals surface area contributed by atoms with Crippen LogP contribution in [0.5, 0.6) is 0 Å². The molecular weight excluding hydrogens is 223 g/mol. The molecule has 1 heteroatoms. The third-order valence-corrected chi connectivity index (χ3v) is 4.64. The molecule has 1 aromatic rings. The van der Waals surface area contributed by atoms with Crippen molar-refractivity contribution in [2.45, 2.75) is 25.7 Å². The molecule has 0 bridgehead atoms. The van der Waals surface area contributed by atoms with Crippen LogP contribution >= 0.6 is 0 Å². The van der Waals surface area contributed by atoms with Crippen molar-refractivity contribution < 1.29 is 0 Å². The van der Waals surface area contributed by atoms with Crippen LogP contribution in [0.2, 0.25) is 0 Å². The molecule has 0 heterocycles. The molecule has 0 radical (unpaired) electrons. The standard InChI is InChI=1S/C12H14Se/c1-3-7-11(8-4-1)13-12-9-5-2-6-10-12/h1,3-4,7-9H,2,5-6,10H2. The van der Waals surface area contributed by atoms with Crippen LogP contribution < -0.4 is 4.46 Å². The zero-order valence-corrected chi connectivity index (χ0v) is 9.41. The van der Waals surface area contributed by atoms with Gasteiger partial charge in [-0.2, -0.15) is 0 Å². The summed E-state index contributed by atoms with van der Waals surface area (Å²) in [4.78, 5) is 0. The summed E-state index contributed by atoms with van der Waals surface area (Å²) in [5.41, 5.74) is 0. The fraction of sp³-hybridized carbons (Fsp3) is 0.333. The first-order chi connectivity index (χ1) is 6.45. The van der Waals surface area contributed by atoms with Gasteiger partial charge < -0.3 is 0 Å². The van der Waals surface area contributed by atoms with E-state index in [-0.39, 0.29) is 0 Å². The molecule has 0 saturated heterocycles. The van der Waals surface area contributed by atoms with E-state index in [2.05, 4.69) is 36.4 Å². The summed E-state index contributed by atoms with van der Waals surface area (Å²) in [6.45, 7) is 0. The van der Waals surface area contributed by atoms with E-state index < -0.39 is 0 Å². The Morgan fingerprint density at radius 3 is 2.54 bits per heavy atom. The summed E-state index contributed by atoms with van der Waals surface area (Å²) in [7, 11) is 0. The molecule has 68 valence electrons. The number of hydrogen-bond donors (Lipinski definition) is 0. The molecule has 1 aromatic carbocycles. The van der Waals surface area contributed by atoms with Crippen molar-refractivity contribution in [1.82, 2.24) is 0 Å². The normalized spacial score (nSPS) is 16.8. The topological polar surface area (TPSA) is 0 Å². The first-order valence-electron chi connectivity index (χ1n) is 4.87. The van der Waals surface area contributed by atoms with Gasteiger partial charge in [0.05, 0.1) is 0 Å². The summed E-state index contributed by atoms with van der Waals surface area (Å²) in [6.07, 6.45) is 7.91. The van der Waals surface area contributed by atoms with Crippen molar-refractivity contribution in [3.8, 4) is 0 Å². The SMILES string of the molecule is C1=C([Se]c2ccccc2)CCCC1. The van der Waals surface area contributed by atoms with Crippen LogP contribution in [-0.2, 0) is 0 Å². The van der Waals surface area contributed by atoms with E-state index in [4.69, 9.17) is 0 Å². The molecule has 13 heavy (non-hydrogen) atoms. The second-order valence-corrected chi connectivity index (χ2v) is 5.85. The summed E-state index contributed by atoms with van der Waals surface area (Å²) < 4.78 is 3.22. The minimum absolute atomic E-state index is 0.599. The Morgan fingerprint density at radius 1 is 1.00 bits per heavy atom. The Bertz CT molecular complexity index is 287. The van der Waals surface area contributed by atoms with Crippen LogP contribution in [-0.4, -0.2) is 15.0 Å². The Hall–Kier alpha value is -0.521. The van der Waals surface area contributed by atoms with Gasteiger partial charge in [-0.3, -0.25) is 0 Å². The van der Waals surface area contributed by atoms with Crippen LogP contribution in [0.15, 0.2) is 40.9 Å². The molecule has 1 aliphatic carbocycles. The van der Waals surface area contributed by atoms with E-state index in [0.717, 1.165) is 0 Å². The van der Waals surface area contributed by atoms with Gasteiger partial charge in [0, 0.05) is 0 Å². The van der Waals surface area contributed by atoms with E-state index in [1.54, 1.807) is 4.47 Å². The molecule has 0 nitrogen and oxygen atoms in total. The Labute approximate surface area is 86.2 Å². The molecule has 0 unspecified atom stereocenters. The predicted molar refractivity (Wildman–Crippen MR) is 58.4 cm³/mol. The summed E-state index contributed by atoms with van der Waals surface area (Å²) >= 11 is 0.599. The average Bonchev–Trinajstić information content (AvgIpc) is 2.21. The molecule has 0 atom stereocenters. The molecule has 2 rings (SSSR count). The number of rotatable bonds is 2. The van der Waals surface area contributed by atoms with Gasteiger partial charge >= 0.3 is 86.0 Å². The van der Waals surface area contributed by atoms with Gasteiger partial charge in [-0.25, -0.2) is 0 Å². The van der Waals surface area contributed by atoms with Crippen molar-refractivity contribution in [2.24, 2.45) is 0 Å². The van der Waals surface area contributed by atoms with Crippen molar-refractivity contribution in [3.63, 3.8) is 0 Å². The molecule has 0 N–H and O–H groups in total. The van der Waals surface area contributed by atoms with Crippen LogP contribution in [0, 0.1) is 0 Å². The molecule has 0 amide bonds. The Balaban J connectivity index is 2.01. The van der Waals surface area contributed by atoms with Crippen molar-refractivity contribution in [1.29, 1.82) is 0 Å². The molecule has 1 aliphatic rings. The van der Waals surface area contributed by atoms with Crippen molar-refractivity contribution >= 4 is 19.4 Å². The van der Waals surface area contributed by atoms with E-state index in [0.29, 0.717) is 15.0 Å². The summed E-state index contributed by atoms with van der Waals surface area (Å²) in [5.74, 6) is 0. The van der Waals surface area contributed by atoms with Crippen molar-refractivity contribution in [2.75, 3.05) is 0 Å². The third-order valence-electron chi connectivity index (χ3n) is 2.24. The maximum absolute atomic E-state index is 2.45. The monoisotopic (exact) mass is 238 g/mol. The third kappa shape index (κ3) is 2.72. The summed E-state index contributed by atoms with van der Waals surface area (Å²) in [5, 5.41) is 0. The van der Waals surface area contributed by atoms with Gasteiger partial charge in [0.25, 0.3) is 0 Å². The van der Waals surface area contributed by atoms with Gasteiger partial charge in [0.15, 0.2) is 0 Å². The quantitative estimate of drug-likeness (QED) is 0.693. The Kier molecular flexibility index (Phi) is 3.23. The first-order valence-corrected chi connectivity index (χ1v) is 6.58. The molecule has 0 fully saturated rings. The van der Waals surface area contributed by atoms with Gasteiger partial charge in [-0.15, -0.1) is 0 Å². The van der Waals surface area contributed by atoms with E-state index in [1.165, 1.54) is 30.1 Å². The fourth-order valence-electron chi connectivity index (χ4n) is 1.54. The van der Waals surface area contributed by atoms with E-state index in [1.807, 2.05) is 0 Å². The molecule has 0 spiro atoms. The number of allylic oxidation sites excluding steroid dienone is 2. The van der Waals surface area contributed by atoms with Crippen LogP contribution in [0.4, 0.5) is 0 Å². The number of benzene rings is 1. The predicted octanol–water partition coefficient (Wildman–Crippen LogP) is 2.47. The molecule has 0 aromatic heterocycles. The second-order valence-electron chi connectivity index (χ2n) is 3.33. The molecule has 0 saturated carbocycles. The van der Waals surface area contributed by atoms with Gasteiger partial charge in [0.2, 0.25) is 0 Å². The zero-order valence-electron chi connectivity index (χ0n) is 7.70. The maximum atomic E-state index is 2.45. The van der Waals surface area contributed by atoms with Crippen molar-refractivity contribution in [3.05, 3.63) is 40.9 Å². The first kappa shape index (κ1) is 9.05. The summed E-state index contributed by atoms with van der Waals surface area (Å²) in [6, 6.07) is 10.9. The molecule has 0 aliphatic heterocycles. The molecular formula is C12H14Se. The zero-order chi connectivity index (χ0) is 8.93. The Morgan fingerprint density at radius 2 is 1.85 bits per heavy atom. The number of hydrogen-bond acceptors (Lipinski definition) is 0. The van der Waals surface area contributed by atoms with Crippen LogP contribution in [0.3, 0.4) is 0 Å². The van der Waals surface area contributed by atoms with Gasteiger partial charge in [-0.05, 0) is 0 Å². The van der Waals surface area contributed by atoms with Gasteiger partial charge in [0.1, 0.15) is 0 Å². The average molecular weight is 237 g/mol. The van der Waals surface area contributed by atoms with E-state index >= 15 is 0 Å².